The van der Waals surface area contributed by atoms with Crippen molar-refractivity contribution in [3.63, 3.8) is 0 Å². The second-order valence-corrected chi connectivity index (χ2v) is 10.6. The van der Waals surface area contributed by atoms with Crippen molar-refractivity contribution in [1.82, 2.24) is 9.97 Å². The van der Waals surface area contributed by atoms with E-state index in [1.54, 1.807) is 24.3 Å². The Morgan fingerprint density at radius 2 is 0.917 bits per heavy atom. The van der Waals surface area contributed by atoms with Gasteiger partial charge in [0.15, 0.2) is 23.0 Å². The Kier molecular flexibility index (Phi) is 6.59. The van der Waals surface area contributed by atoms with Crippen molar-refractivity contribution >= 4 is 66.3 Å². The van der Waals surface area contributed by atoms with E-state index >= 15 is 0 Å². The average Bonchev–Trinajstić information content (AvgIpc) is 3.46. The summed E-state index contributed by atoms with van der Waals surface area (Å²) in [5.74, 6) is -0.569. The van der Waals surface area contributed by atoms with Crippen LogP contribution in [0.2, 0.25) is 10.0 Å². The fourth-order valence-corrected chi connectivity index (χ4v) is 5.58. The zero-order chi connectivity index (χ0) is 25.4. The van der Waals surface area contributed by atoms with E-state index < -0.39 is 0 Å². The van der Waals surface area contributed by atoms with Gasteiger partial charge in [0.05, 0.1) is 20.4 Å². The van der Waals surface area contributed by atoms with Gasteiger partial charge in [-0.3, -0.25) is 0 Å². The number of aromatic nitrogens is 2. The average molecular weight is 555 g/mol. The molecule has 0 radical (unpaired) electrons. The molecule has 0 unspecified atom stereocenters. The van der Waals surface area contributed by atoms with Gasteiger partial charge in [0.1, 0.15) is 10.0 Å². The van der Waals surface area contributed by atoms with Crippen molar-refractivity contribution in [1.29, 1.82) is 0 Å². The monoisotopic (exact) mass is 554 g/mol. The number of phenolic OH excluding ortho intramolecular Hbond substituents is 4. The van der Waals surface area contributed by atoms with Crippen molar-refractivity contribution in [2.75, 3.05) is 0 Å². The minimum atomic E-state index is -0.148. The molecule has 0 fully saturated rings. The van der Waals surface area contributed by atoms with Crippen LogP contribution in [0.15, 0.2) is 72.8 Å². The van der Waals surface area contributed by atoms with Gasteiger partial charge in [-0.15, -0.1) is 22.7 Å². The molecule has 4 N–H and O–H groups in total. The van der Waals surface area contributed by atoms with Crippen LogP contribution in [0.4, 0.5) is 0 Å². The number of phenols is 4. The molecule has 0 saturated heterocycles. The molecule has 0 saturated carbocycles. The molecule has 2 aromatic heterocycles. The highest BCUT2D eigenvalue weighted by molar-refractivity contribution is 7.22. The number of aromatic hydroxyl groups is 4. The number of thiazole rings is 2. The molecule has 0 spiro atoms. The molecule has 0 atom stereocenters. The first-order chi connectivity index (χ1) is 17.3. The number of hydrogen-bond acceptors (Lipinski definition) is 8. The Morgan fingerprint density at radius 3 is 1.31 bits per heavy atom. The van der Waals surface area contributed by atoms with Crippen molar-refractivity contribution in [2.24, 2.45) is 0 Å². The predicted octanol–water partition coefficient (Wildman–Crippen LogP) is 8.06. The summed E-state index contributed by atoms with van der Waals surface area (Å²) in [5, 5.41) is 40.4. The molecule has 0 aliphatic rings. The van der Waals surface area contributed by atoms with Crippen molar-refractivity contribution in [3.8, 4) is 44.1 Å². The fourth-order valence-electron chi connectivity index (χ4n) is 3.36. The number of halogens is 2. The van der Waals surface area contributed by atoms with Crippen LogP contribution >= 0.6 is 45.9 Å². The summed E-state index contributed by atoms with van der Waals surface area (Å²) in [5.41, 5.74) is 3.19. The first-order valence-electron chi connectivity index (χ1n) is 10.4. The molecule has 10 heteroatoms. The second kappa shape index (κ2) is 9.83. The maximum Gasteiger partial charge on any atom is 0.158 e. The highest BCUT2D eigenvalue weighted by Gasteiger charge is 2.10. The molecule has 6 aromatic rings. The normalized spacial score (nSPS) is 10.9. The van der Waals surface area contributed by atoms with Gasteiger partial charge in [0, 0.05) is 21.2 Å². The van der Waals surface area contributed by atoms with Crippen molar-refractivity contribution in [2.45, 2.75) is 0 Å². The predicted molar refractivity (Wildman–Crippen MR) is 147 cm³/mol. The zero-order valence-electron chi connectivity index (χ0n) is 18.2. The van der Waals surface area contributed by atoms with Gasteiger partial charge in [-0.25, -0.2) is 9.97 Å². The molecule has 36 heavy (non-hydrogen) atoms. The number of rotatable bonds is 2. The Balaban J connectivity index is 0.000000148. The lowest BCUT2D eigenvalue weighted by molar-refractivity contribution is 0.404. The highest BCUT2D eigenvalue weighted by atomic mass is 35.5. The van der Waals surface area contributed by atoms with E-state index in [4.69, 9.17) is 23.2 Å². The van der Waals surface area contributed by atoms with Gasteiger partial charge in [0.25, 0.3) is 0 Å². The fraction of sp³-hybridized carbons (Fsp3) is 0. The number of benzene rings is 4. The van der Waals surface area contributed by atoms with Crippen molar-refractivity contribution in [3.05, 3.63) is 82.8 Å². The quantitative estimate of drug-likeness (QED) is 0.161. The SMILES string of the molecule is Oc1ccc(-c2nc3cc(Cl)ccc3s2)cc1O.Oc1ccc(-c2nc3cc(Cl)ccc3s2)cc1O. The van der Waals surface area contributed by atoms with E-state index in [1.165, 1.54) is 46.9 Å². The van der Waals surface area contributed by atoms with E-state index in [-0.39, 0.29) is 23.0 Å². The molecule has 0 bridgehead atoms. The Bertz CT molecular complexity index is 1610. The summed E-state index contributed by atoms with van der Waals surface area (Å²) < 4.78 is 2.06. The summed E-state index contributed by atoms with van der Waals surface area (Å²) in [6, 6.07) is 20.4. The lowest BCUT2D eigenvalue weighted by Gasteiger charge is -1.99. The Hall–Kier alpha value is -3.56. The van der Waals surface area contributed by atoms with Gasteiger partial charge in [-0.05, 0) is 72.8 Å². The zero-order valence-corrected chi connectivity index (χ0v) is 21.3. The summed E-state index contributed by atoms with van der Waals surface area (Å²) in [6.07, 6.45) is 0. The summed E-state index contributed by atoms with van der Waals surface area (Å²) in [6.45, 7) is 0. The molecule has 180 valence electrons. The van der Waals surface area contributed by atoms with E-state index in [1.807, 2.05) is 24.3 Å². The Labute approximate surface area is 222 Å². The number of hydrogen-bond donors (Lipinski definition) is 4. The maximum absolute atomic E-state index is 9.49. The molecule has 0 amide bonds. The first-order valence-corrected chi connectivity index (χ1v) is 12.8. The third kappa shape index (κ3) is 5.03. The van der Waals surface area contributed by atoms with E-state index in [0.29, 0.717) is 10.0 Å². The minimum absolute atomic E-state index is 0.136. The van der Waals surface area contributed by atoms with Gasteiger partial charge in [0.2, 0.25) is 0 Å². The molecular formula is C26H16Cl2N2O4S2. The smallest absolute Gasteiger partial charge is 0.158 e. The van der Waals surface area contributed by atoms with E-state index in [9.17, 15) is 20.4 Å². The van der Waals surface area contributed by atoms with Crippen LogP contribution in [0.5, 0.6) is 23.0 Å². The molecular weight excluding hydrogens is 539 g/mol. The van der Waals surface area contributed by atoms with Crippen LogP contribution in [-0.4, -0.2) is 30.4 Å². The van der Waals surface area contributed by atoms with Gasteiger partial charge < -0.3 is 20.4 Å². The van der Waals surface area contributed by atoms with Crippen LogP contribution in [-0.2, 0) is 0 Å². The molecule has 2 heterocycles. The van der Waals surface area contributed by atoms with Gasteiger partial charge in [-0.1, -0.05) is 23.2 Å². The van der Waals surface area contributed by atoms with Crippen molar-refractivity contribution < 1.29 is 20.4 Å². The van der Waals surface area contributed by atoms with Gasteiger partial charge in [-0.2, -0.15) is 0 Å². The van der Waals surface area contributed by atoms with E-state index in [0.717, 1.165) is 41.6 Å². The van der Waals surface area contributed by atoms with Gasteiger partial charge >= 0.3 is 0 Å². The first kappa shape index (κ1) is 24.1. The molecule has 0 aliphatic carbocycles. The van der Waals surface area contributed by atoms with Crippen LogP contribution < -0.4 is 0 Å². The third-order valence-corrected chi connectivity index (χ3v) is 7.79. The second-order valence-electron chi connectivity index (χ2n) is 7.67. The summed E-state index contributed by atoms with van der Waals surface area (Å²) in [4.78, 5) is 8.91. The standard InChI is InChI=1S/2C13H8ClNO2S/c2*14-8-2-4-12-9(6-8)15-13(18-12)7-1-3-10(16)11(17)5-7/h2*1-6,16-17H. The van der Waals surface area contributed by atoms with Crippen LogP contribution in [0.25, 0.3) is 41.6 Å². The topological polar surface area (TPSA) is 107 Å². The molecule has 4 aromatic carbocycles. The minimum Gasteiger partial charge on any atom is -0.504 e. The molecule has 6 nitrogen and oxygen atoms in total. The third-order valence-electron chi connectivity index (χ3n) is 5.14. The lowest BCUT2D eigenvalue weighted by atomic mass is 10.2. The lowest BCUT2D eigenvalue weighted by Crippen LogP contribution is -1.76. The molecule has 0 aliphatic heterocycles. The highest BCUT2D eigenvalue weighted by Crippen LogP contribution is 2.36. The maximum atomic E-state index is 9.49. The summed E-state index contributed by atoms with van der Waals surface area (Å²) >= 11 is 14.8. The molecule has 6 rings (SSSR count). The largest absolute Gasteiger partial charge is 0.504 e. The van der Waals surface area contributed by atoms with E-state index in [2.05, 4.69) is 9.97 Å². The Morgan fingerprint density at radius 1 is 0.500 bits per heavy atom. The summed E-state index contributed by atoms with van der Waals surface area (Å²) in [7, 11) is 0. The van der Waals surface area contributed by atoms with Crippen LogP contribution in [0.3, 0.4) is 0 Å². The number of fused-ring (bicyclic) bond motifs is 2. The van der Waals surface area contributed by atoms with Crippen LogP contribution in [0.1, 0.15) is 0 Å². The number of nitrogens with zero attached hydrogens (tertiary/aromatic N) is 2. The van der Waals surface area contributed by atoms with Crippen LogP contribution in [0, 0.1) is 0 Å².